The van der Waals surface area contributed by atoms with Crippen LogP contribution >= 0.6 is 10.7 Å². The highest BCUT2D eigenvalue weighted by atomic mass is 35.7. The van der Waals surface area contributed by atoms with Gasteiger partial charge in [-0.3, -0.25) is 4.98 Å². The van der Waals surface area contributed by atoms with Gasteiger partial charge in [0.05, 0.1) is 5.75 Å². The SMILES string of the molecule is O=S(=O)(Cl)Cc1ccncc1.O=S(=O)([O-])C(F)(F)F. The second kappa shape index (κ2) is 6.50. The van der Waals surface area contributed by atoms with Gasteiger partial charge in [0.1, 0.15) is 0 Å². The Bertz CT molecular complexity index is 599. The molecule has 1 aromatic heterocycles. The van der Waals surface area contributed by atoms with Crippen LogP contribution in [-0.2, 0) is 24.9 Å². The van der Waals surface area contributed by atoms with Gasteiger partial charge in [-0.15, -0.1) is 0 Å². The van der Waals surface area contributed by atoms with Gasteiger partial charge in [0, 0.05) is 23.1 Å². The van der Waals surface area contributed by atoms with Crippen molar-refractivity contribution in [2.24, 2.45) is 0 Å². The molecule has 1 heterocycles. The molecule has 0 radical (unpaired) electrons. The standard InChI is InChI=1S/C6H6ClNO2S.CHF3O3S/c7-11(9,10)5-6-1-3-8-4-2-6;2-1(3,4)8(5,6)7/h1-4H,5H2;(H,5,6,7)/p-1. The van der Waals surface area contributed by atoms with E-state index in [4.69, 9.17) is 23.7 Å². The number of hydrogen-bond donors (Lipinski definition) is 0. The summed E-state index contributed by atoms with van der Waals surface area (Å²) in [5, 5.41) is 0. The lowest BCUT2D eigenvalue weighted by Crippen LogP contribution is -2.21. The van der Waals surface area contributed by atoms with Gasteiger partial charge < -0.3 is 4.55 Å². The number of pyridine rings is 1. The Balaban J connectivity index is 0.000000362. The smallest absolute Gasteiger partial charge is 0.485 e. The van der Waals surface area contributed by atoms with Gasteiger partial charge in [-0.2, -0.15) is 13.2 Å². The lowest BCUT2D eigenvalue weighted by molar-refractivity contribution is -0.0517. The molecule has 0 aliphatic rings. The summed E-state index contributed by atoms with van der Waals surface area (Å²) in [6.07, 6.45) is 3.05. The number of nitrogens with zero attached hydrogens (tertiary/aromatic N) is 1. The monoisotopic (exact) mass is 340 g/mol. The summed E-state index contributed by atoms with van der Waals surface area (Å²) in [4.78, 5) is 3.74. The largest absolute Gasteiger partial charge is 0.741 e. The molecule has 0 N–H and O–H groups in total. The minimum absolute atomic E-state index is 0.142. The predicted octanol–water partition coefficient (Wildman–Crippen LogP) is 1.20. The third-order valence-corrected chi connectivity index (χ3v) is 2.94. The zero-order valence-corrected chi connectivity index (χ0v) is 11.2. The quantitative estimate of drug-likeness (QED) is 0.455. The van der Waals surface area contributed by atoms with Crippen LogP contribution in [0, 0.1) is 0 Å². The molecular formula is C7H6ClF3NO5S2-. The van der Waals surface area contributed by atoms with Crippen LogP contribution in [0.4, 0.5) is 13.2 Å². The molecule has 0 spiro atoms. The summed E-state index contributed by atoms with van der Waals surface area (Å²) in [5.41, 5.74) is -5.00. The van der Waals surface area contributed by atoms with Crippen molar-refractivity contribution in [1.29, 1.82) is 0 Å². The van der Waals surface area contributed by atoms with E-state index in [1.807, 2.05) is 0 Å². The first-order chi connectivity index (χ1) is 8.33. The Hall–Kier alpha value is -0.910. The van der Waals surface area contributed by atoms with E-state index < -0.39 is 24.7 Å². The zero-order chi connectivity index (χ0) is 15.3. The van der Waals surface area contributed by atoms with Gasteiger partial charge in [-0.25, -0.2) is 16.8 Å². The first-order valence-corrected chi connectivity index (χ1v) is 8.05. The molecule has 1 aromatic rings. The van der Waals surface area contributed by atoms with Crippen molar-refractivity contribution in [1.82, 2.24) is 4.98 Å². The van der Waals surface area contributed by atoms with Crippen LogP contribution in [0.2, 0.25) is 0 Å². The molecule has 0 saturated carbocycles. The highest BCUT2D eigenvalue weighted by Gasteiger charge is 2.36. The fourth-order valence-electron chi connectivity index (χ4n) is 0.678. The lowest BCUT2D eigenvalue weighted by Gasteiger charge is -2.08. The molecule has 110 valence electrons. The third-order valence-electron chi connectivity index (χ3n) is 1.37. The molecule has 0 aliphatic carbocycles. The van der Waals surface area contributed by atoms with Crippen molar-refractivity contribution in [2.75, 3.05) is 0 Å². The van der Waals surface area contributed by atoms with Crippen molar-refractivity contribution in [2.45, 2.75) is 11.3 Å². The zero-order valence-electron chi connectivity index (χ0n) is 8.83. The third kappa shape index (κ3) is 8.75. The number of halogens is 4. The van der Waals surface area contributed by atoms with Crippen LogP contribution in [0.25, 0.3) is 0 Å². The van der Waals surface area contributed by atoms with Crippen LogP contribution in [0.5, 0.6) is 0 Å². The summed E-state index contributed by atoms with van der Waals surface area (Å²) in [7, 11) is -4.50. The Labute approximate surface area is 111 Å². The Morgan fingerprint density at radius 3 is 1.79 bits per heavy atom. The van der Waals surface area contributed by atoms with Crippen LogP contribution in [-0.4, -0.2) is 31.9 Å². The Morgan fingerprint density at radius 1 is 1.16 bits per heavy atom. The molecule has 0 bridgehead atoms. The van der Waals surface area contributed by atoms with Gasteiger partial charge in [0.15, 0.2) is 10.1 Å². The van der Waals surface area contributed by atoms with E-state index >= 15 is 0 Å². The molecule has 1 rings (SSSR count). The van der Waals surface area contributed by atoms with E-state index in [1.165, 1.54) is 12.4 Å². The highest BCUT2D eigenvalue weighted by molar-refractivity contribution is 8.13. The maximum atomic E-state index is 10.7. The maximum absolute atomic E-state index is 10.7. The van der Waals surface area contributed by atoms with Crippen molar-refractivity contribution in [3.63, 3.8) is 0 Å². The molecule has 0 saturated heterocycles. The normalized spacial score (nSPS) is 12.5. The van der Waals surface area contributed by atoms with Gasteiger partial charge in [-0.05, 0) is 17.7 Å². The lowest BCUT2D eigenvalue weighted by atomic mass is 10.3. The highest BCUT2D eigenvalue weighted by Crippen LogP contribution is 2.20. The number of hydrogen-bond acceptors (Lipinski definition) is 6. The fourth-order valence-corrected chi connectivity index (χ4v) is 1.65. The number of aromatic nitrogens is 1. The van der Waals surface area contributed by atoms with Gasteiger partial charge >= 0.3 is 5.51 Å². The second-order valence-corrected chi connectivity index (χ2v) is 7.09. The molecule has 0 atom stereocenters. The van der Waals surface area contributed by atoms with Crippen LogP contribution < -0.4 is 0 Å². The number of alkyl halides is 3. The summed E-state index contributed by atoms with van der Waals surface area (Å²) >= 11 is 0. The van der Waals surface area contributed by atoms with E-state index in [0.29, 0.717) is 5.56 Å². The van der Waals surface area contributed by atoms with Crippen LogP contribution in [0.15, 0.2) is 24.5 Å². The molecule has 0 amide bonds. The van der Waals surface area contributed by atoms with Gasteiger partial charge in [-0.1, -0.05) is 0 Å². The van der Waals surface area contributed by atoms with Crippen LogP contribution in [0.3, 0.4) is 0 Å². The molecule has 0 unspecified atom stereocenters. The fraction of sp³-hybridized carbons (Fsp3) is 0.286. The molecular weight excluding hydrogens is 335 g/mol. The molecule has 19 heavy (non-hydrogen) atoms. The average Bonchev–Trinajstić information content (AvgIpc) is 2.14. The van der Waals surface area contributed by atoms with E-state index in [2.05, 4.69) is 4.98 Å². The molecule has 12 heteroatoms. The Kier molecular flexibility index (Phi) is 6.19. The topological polar surface area (TPSA) is 104 Å². The summed E-state index contributed by atoms with van der Waals surface area (Å²) in [6, 6.07) is 3.22. The average molecular weight is 341 g/mol. The van der Waals surface area contributed by atoms with Crippen molar-refractivity contribution in [3.8, 4) is 0 Å². The minimum atomic E-state index is -6.09. The molecule has 0 fully saturated rings. The van der Waals surface area contributed by atoms with E-state index in [9.17, 15) is 21.6 Å². The summed E-state index contributed by atoms with van der Waals surface area (Å²) in [5.74, 6) is -0.142. The first-order valence-electron chi connectivity index (χ1n) is 4.16. The molecule has 0 aliphatic heterocycles. The minimum Gasteiger partial charge on any atom is -0.741 e. The van der Waals surface area contributed by atoms with Crippen molar-refractivity contribution in [3.05, 3.63) is 30.1 Å². The van der Waals surface area contributed by atoms with Crippen LogP contribution in [0.1, 0.15) is 5.56 Å². The van der Waals surface area contributed by atoms with E-state index in [-0.39, 0.29) is 5.75 Å². The van der Waals surface area contributed by atoms with Gasteiger partial charge in [0.25, 0.3) is 0 Å². The molecule has 0 aromatic carbocycles. The van der Waals surface area contributed by atoms with E-state index in [1.54, 1.807) is 12.1 Å². The summed E-state index contributed by atoms with van der Waals surface area (Å²) in [6.45, 7) is 0. The number of rotatable bonds is 2. The second-order valence-electron chi connectivity index (χ2n) is 2.94. The Morgan fingerprint density at radius 2 is 1.53 bits per heavy atom. The first kappa shape index (κ1) is 18.1. The summed E-state index contributed by atoms with van der Waals surface area (Å²) < 4.78 is 80.0. The van der Waals surface area contributed by atoms with Crippen molar-refractivity contribution >= 4 is 29.9 Å². The van der Waals surface area contributed by atoms with E-state index in [0.717, 1.165) is 0 Å². The molecule has 6 nitrogen and oxygen atoms in total. The maximum Gasteiger partial charge on any atom is 0.485 e. The predicted molar refractivity (Wildman–Crippen MR) is 58.5 cm³/mol. The van der Waals surface area contributed by atoms with Gasteiger partial charge in [0.2, 0.25) is 9.05 Å². The van der Waals surface area contributed by atoms with Crippen molar-refractivity contribution < 1.29 is 34.6 Å².